The number of aryl methyl sites for hydroxylation is 1. The fourth-order valence-corrected chi connectivity index (χ4v) is 6.23. The van der Waals surface area contributed by atoms with Crippen molar-refractivity contribution in [3.05, 3.63) is 95.6 Å². The molecule has 0 amide bonds. The van der Waals surface area contributed by atoms with E-state index < -0.39 is 0 Å². The maximum absolute atomic E-state index is 2.43. The largest absolute Gasteiger partial charge is 0.135 e. The lowest BCUT2D eigenvalue weighted by molar-refractivity contribution is 0.660. The number of hydrogen-bond acceptors (Lipinski definition) is 1. The van der Waals surface area contributed by atoms with Crippen LogP contribution in [0.1, 0.15) is 30.5 Å². The lowest BCUT2D eigenvalue weighted by Crippen LogP contribution is -2.15. The molecular formula is C28H22S. The average Bonchev–Trinajstić information content (AvgIpc) is 3.21. The molecule has 1 aromatic heterocycles. The number of rotatable bonds is 1. The molecule has 0 bridgehead atoms. The Morgan fingerprint density at radius 2 is 1.38 bits per heavy atom. The highest BCUT2D eigenvalue weighted by atomic mass is 32.1. The van der Waals surface area contributed by atoms with Gasteiger partial charge in [0, 0.05) is 25.6 Å². The lowest BCUT2D eigenvalue weighted by atomic mass is 9.81. The number of fused-ring (bicyclic) bond motifs is 6. The van der Waals surface area contributed by atoms with E-state index in [4.69, 9.17) is 0 Å². The molecule has 1 aliphatic carbocycles. The van der Waals surface area contributed by atoms with Gasteiger partial charge in [-0.3, -0.25) is 0 Å². The Morgan fingerprint density at radius 3 is 2.24 bits per heavy atom. The van der Waals surface area contributed by atoms with E-state index in [-0.39, 0.29) is 5.41 Å². The zero-order valence-electron chi connectivity index (χ0n) is 16.9. The van der Waals surface area contributed by atoms with Crippen LogP contribution in [0.5, 0.6) is 0 Å². The molecule has 0 saturated carbocycles. The Kier molecular flexibility index (Phi) is 3.40. The molecule has 0 atom stereocenters. The molecular weight excluding hydrogens is 368 g/mol. The smallest absolute Gasteiger partial charge is 0.0433 e. The van der Waals surface area contributed by atoms with E-state index in [1.165, 1.54) is 59.1 Å². The first kappa shape index (κ1) is 17.0. The van der Waals surface area contributed by atoms with Crippen molar-refractivity contribution in [3.8, 4) is 22.3 Å². The molecule has 0 fully saturated rings. The summed E-state index contributed by atoms with van der Waals surface area (Å²) in [6, 6.07) is 29.4. The van der Waals surface area contributed by atoms with Gasteiger partial charge in [0.1, 0.15) is 0 Å². The van der Waals surface area contributed by atoms with Crippen molar-refractivity contribution in [1.82, 2.24) is 0 Å². The molecule has 0 saturated heterocycles. The molecule has 140 valence electrons. The van der Waals surface area contributed by atoms with Gasteiger partial charge in [-0.25, -0.2) is 0 Å². The molecule has 5 aromatic rings. The minimum absolute atomic E-state index is 0.0285. The summed E-state index contributed by atoms with van der Waals surface area (Å²) in [6.45, 7) is 6.91. The van der Waals surface area contributed by atoms with E-state index in [0.29, 0.717) is 0 Å². The van der Waals surface area contributed by atoms with Crippen molar-refractivity contribution >= 4 is 31.5 Å². The normalized spacial score (nSPS) is 14.3. The highest BCUT2D eigenvalue weighted by Crippen LogP contribution is 2.50. The summed E-state index contributed by atoms with van der Waals surface area (Å²) >= 11 is 1.91. The second kappa shape index (κ2) is 5.81. The SMILES string of the molecule is Cc1ccc2c(c1)C(C)(C)c1cc(-c3cccc4c3sc3ccccc34)ccc1-2. The summed E-state index contributed by atoms with van der Waals surface area (Å²) in [4.78, 5) is 0. The van der Waals surface area contributed by atoms with Crippen LogP contribution in [-0.4, -0.2) is 0 Å². The fraction of sp³-hybridized carbons (Fsp3) is 0.143. The van der Waals surface area contributed by atoms with Gasteiger partial charge >= 0.3 is 0 Å². The predicted molar refractivity (Wildman–Crippen MR) is 127 cm³/mol. The second-order valence-electron chi connectivity index (χ2n) is 8.71. The first-order valence-corrected chi connectivity index (χ1v) is 11.0. The Balaban J connectivity index is 1.60. The van der Waals surface area contributed by atoms with Crippen molar-refractivity contribution in [2.45, 2.75) is 26.2 Å². The summed E-state index contributed by atoms with van der Waals surface area (Å²) in [6.07, 6.45) is 0. The van der Waals surface area contributed by atoms with Gasteiger partial charge in [0.15, 0.2) is 0 Å². The molecule has 4 aromatic carbocycles. The van der Waals surface area contributed by atoms with Gasteiger partial charge in [0.05, 0.1) is 0 Å². The summed E-state index contributed by atoms with van der Waals surface area (Å²) in [5, 5.41) is 2.72. The van der Waals surface area contributed by atoms with Gasteiger partial charge in [0.25, 0.3) is 0 Å². The minimum Gasteiger partial charge on any atom is -0.135 e. The van der Waals surface area contributed by atoms with Crippen LogP contribution in [0.2, 0.25) is 0 Å². The highest BCUT2D eigenvalue weighted by Gasteiger charge is 2.35. The number of thiophene rings is 1. The molecule has 0 radical (unpaired) electrons. The minimum atomic E-state index is 0.0285. The van der Waals surface area contributed by atoms with Gasteiger partial charge in [-0.15, -0.1) is 11.3 Å². The van der Waals surface area contributed by atoms with Crippen LogP contribution in [0.4, 0.5) is 0 Å². The van der Waals surface area contributed by atoms with Crippen molar-refractivity contribution in [3.63, 3.8) is 0 Å². The molecule has 0 unspecified atom stereocenters. The monoisotopic (exact) mass is 390 g/mol. The Hall–Kier alpha value is -2.90. The Labute approximate surface area is 175 Å². The quantitative estimate of drug-likeness (QED) is 0.270. The van der Waals surface area contributed by atoms with Crippen molar-refractivity contribution in [1.29, 1.82) is 0 Å². The number of hydrogen-bond donors (Lipinski definition) is 0. The van der Waals surface area contributed by atoms with Crippen LogP contribution in [0, 0.1) is 6.92 Å². The van der Waals surface area contributed by atoms with Gasteiger partial charge in [-0.05, 0) is 52.4 Å². The van der Waals surface area contributed by atoms with E-state index in [1.807, 2.05) is 11.3 Å². The molecule has 1 heterocycles. The summed E-state index contributed by atoms with van der Waals surface area (Å²) in [7, 11) is 0. The molecule has 0 spiro atoms. The van der Waals surface area contributed by atoms with Crippen LogP contribution in [-0.2, 0) is 5.41 Å². The molecule has 6 rings (SSSR count). The Morgan fingerprint density at radius 1 is 0.655 bits per heavy atom. The van der Waals surface area contributed by atoms with Gasteiger partial charge in [-0.1, -0.05) is 86.1 Å². The zero-order chi connectivity index (χ0) is 19.8. The highest BCUT2D eigenvalue weighted by molar-refractivity contribution is 7.26. The van der Waals surface area contributed by atoms with Crippen molar-refractivity contribution < 1.29 is 0 Å². The zero-order valence-corrected chi connectivity index (χ0v) is 17.7. The second-order valence-corrected chi connectivity index (χ2v) is 9.77. The molecule has 0 nitrogen and oxygen atoms in total. The van der Waals surface area contributed by atoms with Crippen LogP contribution >= 0.6 is 11.3 Å². The predicted octanol–water partition coefficient (Wildman–Crippen LogP) is 8.34. The van der Waals surface area contributed by atoms with E-state index in [2.05, 4.69) is 99.6 Å². The average molecular weight is 391 g/mol. The Bertz CT molecular complexity index is 1430. The van der Waals surface area contributed by atoms with Crippen LogP contribution in [0.25, 0.3) is 42.4 Å². The molecule has 0 N–H and O–H groups in total. The summed E-state index contributed by atoms with van der Waals surface area (Å²) in [5.41, 5.74) is 9.69. The molecule has 1 heteroatoms. The van der Waals surface area contributed by atoms with Crippen molar-refractivity contribution in [2.75, 3.05) is 0 Å². The van der Waals surface area contributed by atoms with Crippen LogP contribution < -0.4 is 0 Å². The third-order valence-electron chi connectivity index (χ3n) is 6.55. The third-order valence-corrected chi connectivity index (χ3v) is 7.77. The first-order valence-electron chi connectivity index (χ1n) is 10.2. The van der Waals surface area contributed by atoms with E-state index in [1.54, 1.807) is 0 Å². The fourth-order valence-electron chi connectivity index (χ4n) is 4.99. The summed E-state index contributed by atoms with van der Waals surface area (Å²) in [5.74, 6) is 0. The van der Waals surface area contributed by atoms with Gasteiger partial charge in [-0.2, -0.15) is 0 Å². The van der Waals surface area contributed by atoms with E-state index >= 15 is 0 Å². The van der Waals surface area contributed by atoms with Crippen molar-refractivity contribution in [2.24, 2.45) is 0 Å². The van der Waals surface area contributed by atoms with E-state index in [0.717, 1.165) is 0 Å². The third kappa shape index (κ3) is 2.31. The lowest BCUT2D eigenvalue weighted by Gasteiger charge is -2.22. The van der Waals surface area contributed by atoms with Crippen LogP contribution in [0.15, 0.2) is 78.9 Å². The molecule has 0 aliphatic heterocycles. The van der Waals surface area contributed by atoms with Gasteiger partial charge in [0.2, 0.25) is 0 Å². The topological polar surface area (TPSA) is 0 Å². The molecule has 29 heavy (non-hydrogen) atoms. The summed E-state index contributed by atoms with van der Waals surface area (Å²) < 4.78 is 2.75. The van der Waals surface area contributed by atoms with E-state index in [9.17, 15) is 0 Å². The van der Waals surface area contributed by atoms with Crippen LogP contribution in [0.3, 0.4) is 0 Å². The maximum atomic E-state index is 2.43. The molecule has 1 aliphatic rings. The standard InChI is InChI=1S/C28H22S/c1-17-11-13-20-21-14-12-18(16-25(21)28(2,3)24(20)15-17)19-8-6-9-23-22-7-4-5-10-26(22)29-27(19)23/h4-16H,1-3H3. The maximum Gasteiger partial charge on any atom is 0.0433 e. The first-order chi connectivity index (χ1) is 14.0. The van der Waals surface area contributed by atoms with Gasteiger partial charge < -0.3 is 0 Å². The number of benzene rings is 4.